The first-order valence-electron chi connectivity index (χ1n) is 10.6. The lowest BCUT2D eigenvalue weighted by molar-refractivity contribution is -0.132. The van der Waals surface area contributed by atoms with Crippen LogP contribution in [0.25, 0.3) is 11.0 Å². The smallest absolute Gasteiger partial charge is 0.243 e. The number of aromatic nitrogens is 2. The van der Waals surface area contributed by atoms with Gasteiger partial charge in [-0.1, -0.05) is 12.1 Å². The molecule has 0 N–H and O–H groups in total. The Hall–Kier alpha value is -3.11. The van der Waals surface area contributed by atoms with Crippen molar-refractivity contribution in [3.8, 4) is 11.5 Å². The van der Waals surface area contributed by atoms with Gasteiger partial charge < -0.3 is 18.9 Å². The molecule has 5 rings (SSSR count). The van der Waals surface area contributed by atoms with Gasteiger partial charge in [-0.25, -0.2) is 13.4 Å². The lowest BCUT2D eigenvalue weighted by atomic mass is 10.3. The van der Waals surface area contributed by atoms with Gasteiger partial charge in [-0.05, 0) is 24.3 Å². The molecular weight excluding hydrogens is 432 g/mol. The van der Waals surface area contributed by atoms with Gasteiger partial charge in [-0.3, -0.25) is 4.79 Å². The predicted molar refractivity (Wildman–Crippen MR) is 117 cm³/mol. The van der Waals surface area contributed by atoms with E-state index in [-0.39, 0.29) is 23.9 Å². The number of carbonyl (C=O) groups is 1. The van der Waals surface area contributed by atoms with Crippen molar-refractivity contribution in [3.05, 3.63) is 48.8 Å². The number of nitrogens with zero attached hydrogens (tertiary/aromatic N) is 4. The zero-order valence-corrected chi connectivity index (χ0v) is 18.3. The first kappa shape index (κ1) is 20.8. The Morgan fingerprint density at radius 1 is 0.969 bits per heavy atom. The zero-order valence-electron chi connectivity index (χ0n) is 17.5. The van der Waals surface area contributed by atoms with Crippen molar-refractivity contribution in [2.24, 2.45) is 0 Å². The van der Waals surface area contributed by atoms with Crippen LogP contribution in [-0.2, 0) is 21.4 Å². The van der Waals surface area contributed by atoms with Crippen molar-refractivity contribution in [2.45, 2.75) is 17.9 Å². The van der Waals surface area contributed by atoms with Crippen LogP contribution in [0.1, 0.15) is 6.42 Å². The number of rotatable bonds is 5. The summed E-state index contributed by atoms with van der Waals surface area (Å²) < 4.78 is 40.5. The van der Waals surface area contributed by atoms with Gasteiger partial charge in [0.2, 0.25) is 15.9 Å². The quantitative estimate of drug-likeness (QED) is 0.581. The predicted octanol–water partition coefficient (Wildman–Crippen LogP) is 1.73. The number of imidazole rings is 1. The Balaban J connectivity index is 1.19. The van der Waals surface area contributed by atoms with Gasteiger partial charge in [-0.15, -0.1) is 0 Å². The van der Waals surface area contributed by atoms with E-state index < -0.39 is 10.0 Å². The summed E-state index contributed by atoms with van der Waals surface area (Å²) in [6.45, 7) is 2.64. The summed E-state index contributed by atoms with van der Waals surface area (Å²) in [4.78, 5) is 19.0. The summed E-state index contributed by atoms with van der Waals surface area (Å²) in [6.07, 6.45) is 2.09. The normalized spacial score (nSPS) is 16.9. The summed E-state index contributed by atoms with van der Waals surface area (Å²) in [6, 6.07) is 12.5. The third-order valence-corrected chi connectivity index (χ3v) is 7.73. The largest absolute Gasteiger partial charge is 0.486 e. The van der Waals surface area contributed by atoms with Crippen LogP contribution < -0.4 is 9.47 Å². The SMILES string of the molecule is O=C(CCn1cnc2ccccc21)N1CCN(S(=O)(=O)c2ccc3c(c2)OCCO3)CC1. The minimum Gasteiger partial charge on any atom is -0.486 e. The van der Waals surface area contributed by atoms with Crippen LogP contribution in [0.15, 0.2) is 53.7 Å². The summed E-state index contributed by atoms with van der Waals surface area (Å²) in [5.74, 6) is 1.01. The molecule has 0 radical (unpaired) electrons. The van der Waals surface area contributed by atoms with Crippen LogP contribution in [0.4, 0.5) is 0 Å². The van der Waals surface area contributed by atoms with E-state index in [1.165, 1.54) is 16.4 Å². The number of sulfonamides is 1. The Morgan fingerprint density at radius 2 is 1.72 bits per heavy atom. The molecule has 1 amide bonds. The molecule has 0 unspecified atom stereocenters. The lowest BCUT2D eigenvalue weighted by Crippen LogP contribution is -2.50. The van der Waals surface area contributed by atoms with E-state index in [1.807, 2.05) is 28.8 Å². The van der Waals surface area contributed by atoms with Gasteiger partial charge >= 0.3 is 0 Å². The molecule has 168 valence electrons. The standard InChI is InChI=1S/C22H24N4O5S/c27-22(7-8-25-16-23-18-3-1-2-4-19(18)25)24-9-11-26(12-10-24)32(28,29)17-5-6-20-21(15-17)31-14-13-30-20/h1-6,15-16H,7-14H2. The molecule has 1 saturated heterocycles. The second-order valence-corrected chi connectivity index (χ2v) is 9.70. The van der Waals surface area contributed by atoms with Crippen LogP contribution in [0, 0.1) is 0 Å². The van der Waals surface area contributed by atoms with Crippen molar-refractivity contribution >= 4 is 27.0 Å². The molecule has 0 spiro atoms. The molecule has 9 nitrogen and oxygen atoms in total. The van der Waals surface area contributed by atoms with E-state index in [0.717, 1.165) is 11.0 Å². The third kappa shape index (κ3) is 3.91. The van der Waals surface area contributed by atoms with E-state index >= 15 is 0 Å². The molecule has 2 aromatic carbocycles. The number of hydrogen-bond acceptors (Lipinski definition) is 6. The highest BCUT2D eigenvalue weighted by Gasteiger charge is 2.31. The highest BCUT2D eigenvalue weighted by Crippen LogP contribution is 2.33. The number of amides is 1. The highest BCUT2D eigenvalue weighted by atomic mass is 32.2. The van der Waals surface area contributed by atoms with Crippen molar-refractivity contribution < 1.29 is 22.7 Å². The molecule has 1 aromatic heterocycles. The van der Waals surface area contributed by atoms with Crippen LogP contribution in [0.2, 0.25) is 0 Å². The minimum absolute atomic E-state index is 0.0131. The number of carbonyl (C=O) groups excluding carboxylic acids is 1. The summed E-state index contributed by atoms with van der Waals surface area (Å²) in [5, 5.41) is 0. The van der Waals surface area contributed by atoms with Crippen molar-refractivity contribution in [2.75, 3.05) is 39.4 Å². The maximum atomic E-state index is 13.1. The van der Waals surface area contributed by atoms with Gasteiger partial charge in [0.05, 0.1) is 22.3 Å². The number of para-hydroxylation sites is 2. The Labute approximate surface area is 186 Å². The molecule has 0 saturated carbocycles. The van der Waals surface area contributed by atoms with Crippen LogP contribution in [0.3, 0.4) is 0 Å². The average molecular weight is 457 g/mol. The molecule has 0 aliphatic carbocycles. The Morgan fingerprint density at radius 3 is 2.53 bits per heavy atom. The average Bonchev–Trinajstić information content (AvgIpc) is 3.25. The van der Waals surface area contributed by atoms with Crippen LogP contribution in [-0.4, -0.2) is 72.5 Å². The molecule has 1 fully saturated rings. The van der Waals surface area contributed by atoms with Gasteiger partial charge in [0.25, 0.3) is 0 Å². The maximum absolute atomic E-state index is 13.1. The van der Waals surface area contributed by atoms with E-state index in [4.69, 9.17) is 9.47 Å². The first-order chi connectivity index (χ1) is 15.5. The monoisotopic (exact) mass is 456 g/mol. The third-order valence-electron chi connectivity index (χ3n) is 5.84. The second kappa shape index (κ2) is 8.44. The van der Waals surface area contributed by atoms with Gasteiger partial charge in [-0.2, -0.15) is 4.31 Å². The molecule has 3 heterocycles. The number of piperazine rings is 1. The Kier molecular flexibility index (Phi) is 5.48. The highest BCUT2D eigenvalue weighted by molar-refractivity contribution is 7.89. The molecule has 32 heavy (non-hydrogen) atoms. The molecule has 10 heteroatoms. The lowest BCUT2D eigenvalue weighted by Gasteiger charge is -2.34. The molecule has 0 atom stereocenters. The van der Waals surface area contributed by atoms with Crippen LogP contribution >= 0.6 is 0 Å². The molecule has 3 aromatic rings. The number of fused-ring (bicyclic) bond motifs is 2. The minimum atomic E-state index is -3.67. The van der Waals surface area contributed by atoms with Crippen molar-refractivity contribution in [3.63, 3.8) is 0 Å². The van der Waals surface area contributed by atoms with Crippen LogP contribution in [0.5, 0.6) is 11.5 Å². The first-order valence-corrected chi connectivity index (χ1v) is 12.0. The maximum Gasteiger partial charge on any atom is 0.243 e. The molecular formula is C22H24N4O5S. The molecule has 2 aliphatic rings. The zero-order chi connectivity index (χ0) is 22.1. The van der Waals surface area contributed by atoms with Gasteiger partial charge in [0.1, 0.15) is 13.2 Å². The molecule has 0 bridgehead atoms. The topological polar surface area (TPSA) is 94.0 Å². The summed E-state index contributed by atoms with van der Waals surface area (Å²) in [7, 11) is -3.67. The number of aryl methyl sites for hydroxylation is 1. The fraction of sp³-hybridized carbons (Fsp3) is 0.364. The fourth-order valence-corrected chi connectivity index (χ4v) is 5.51. The van der Waals surface area contributed by atoms with Gasteiger partial charge in [0.15, 0.2) is 11.5 Å². The summed E-state index contributed by atoms with van der Waals surface area (Å²) >= 11 is 0. The molecule has 2 aliphatic heterocycles. The van der Waals surface area contributed by atoms with E-state index in [9.17, 15) is 13.2 Å². The van der Waals surface area contributed by atoms with E-state index in [0.29, 0.717) is 50.8 Å². The summed E-state index contributed by atoms with van der Waals surface area (Å²) in [5.41, 5.74) is 1.90. The van der Waals surface area contributed by atoms with E-state index in [1.54, 1.807) is 17.3 Å². The van der Waals surface area contributed by atoms with Gasteiger partial charge in [0, 0.05) is 45.2 Å². The van der Waals surface area contributed by atoms with Crippen molar-refractivity contribution in [1.82, 2.24) is 18.8 Å². The Bertz CT molecular complexity index is 1250. The number of benzene rings is 2. The number of ether oxygens (including phenoxy) is 2. The fourth-order valence-electron chi connectivity index (χ4n) is 4.07. The second-order valence-electron chi connectivity index (χ2n) is 7.77. The van der Waals surface area contributed by atoms with Crippen molar-refractivity contribution in [1.29, 1.82) is 0 Å². The number of hydrogen-bond donors (Lipinski definition) is 0. The van der Waals surface area contributed by atoms with E-state index in [2.05, 4.69) is 4.98 Å².